The lowest BCUT2D eigenvalue weighted by molar-refractivity contribution is -0.118. The second-order valence-electron chi connectivity index (χ2n) is 8.59. The monoisotopic (exact) mass is 420 g/mol. The van der Waals surface area contributed by atoms with Crippen molar-refractivity contribution in [3.8, 4) is 0 Å². The molecule has 0 saturated carbocycles. The van der Waals surface area contributed by atoms with Crippen molar-refractivity contribution < 1.29 is 28.7 Å². The summed E-state index contributed by atoms with van der Waals surface area (Å²) in [6.45, 7) is 12.2. The molecular formula is C20H28N4O6. The van der Waals surface area contributed by atoms with E-state index in [1.54, 1.807) is 23.6 Å². The van der Waals surface area contributed by atoms with Gasteiger partial charge in [0.15, 0.2) is 0 Å². The summed E-state index contributed by atoms with van der Waals surface area (Å²) in [5.41, 5.74) is -0.939. The molecule has 2 N–H and O–H groups in total. The van der Waals surface area contributed by atoms with Gasteiger partial charge in [0.2, 0.25) is 11.6 Å². The van der Waals surface area contributed by atoms with E-state index in [1.165, 1.54) is 0 Å². The zero-order valence-electron chi connectivity index (χ0n) is 18.2. The van der Waals surface area contributed by atoms with Crippen molar-refractivity contribution in [3.63, 3.8) is 0 Å². The molecule has 0 aromatic rings. The summed E-state index contributed by atoms with van der Waals surface area (Å²) < 4.78 is 9.84. The van der Waals surface area contributed by atoms with Gasteiger partial charge >= 0.3 is 12.2 Å². The number of ketones is 2. The normalized spacial score (nSPS) is 21.5. The Kier molecular flexibility index (Phi) is 5.30. The molecule has 30 heavy (non-hydrogen) atoms. The van der Waals surface area contributed by atoms with Crippen molar-refractivity contribution in [2.45, 2.75) is 52.6 Å². The molecule has 0 atom stereocenters. The predicted octanol–water partition coefficient (Wildman–Crippen LogP) is 1.24. The quantitative estimate of drug-likeness (QED) is 0.487. The van der Waals surface area contributed by atoms with Gasteiger partial charge in [-0.3, -0.25) is 20.2 Å². The van der Waals surface area contributed by atoms with E-state index in [1.807, 2.05) is 27.7 Å². The van der Waals surface area contributed by atoms with Crippen molar-refractivity contribution in [2.24, 2.45) is 0 Å². The largest absolute Gasteiger partial charge is 0.450 e. The maximum Gasteiger partial charge on any atom is 0.411 e. The molecule has 0 radical (unpaired) electrons. The number of nitrogens with one attached hydrogen (secondary N) is 2. The molecule has 10 heteroatoms. The Hall–Kier alpha value is -3.04. The van der Waals surface area contributed by atoms with Gasteiger partial charge in [0, 0.05) is 13.1 Å². The van der Waals surface area contributed by atoms with Crippen molar-refractivity contribution in [1.82, 2.24) is 20.4 Å². The lowest BCUT2D eigenvalue weighted by Gasteiger charge is -2.27. The lowest BCUT2D eigenvalue weighted by Crippen LogP contribution is -2.44. The molecule has 0 spiro atoms. The average Bonchev–Trinajstić information content (AvgIpc) is 3.46. The van der Waals surface area contributed by atoms with Crippen molar-refractivity contribution in [2.75, 3.05) is 26.3 Å². The zero-order chi connectivity index (χ0) is 22.4. The molecule has 3 rings (SSSR count). The van der Waals surface area contributed by atoms with Crippen LogP contribution in [-0.2, 0) is 19.1 Å². The van der Waals surface area contributed by atoms with Gasteiger partial charge in [-0.25, -0.2) is 9.59 Å². The third-order valence-corrected chi connectivity index (χ3v) is 5.25. The number of rotatable bonds is 6. The van der Waals surface area contributed by atoms with Gasteiger partial charge in [-0.05, 0) is 41.5 Å². The van der Waals surface area contributed by atoms with Gasteiger partial charge in [-0.2, -0.15) is 0 Å². The van der Waals surface area contributed by atoms with Gasteiger partial charge in [0.25, 0.3) is 0 Å². The summed E-state index contributed by atoms with van der Waals surface area (Å²) in [5.74, 6) is -1.12. The van der Waals surface area contributed by atoms with Crippen LogP contribution >= 0.6 is 0 Å². The minimum absolute atomic E-state index is 0.0354. The number of carbonyl (C=O) groups is 4. The molecule has 0 bridgehead atoms. The minimum Gasteiger partial charge on any atom is -0.450 e. The molecule has 0 aromatic heterocycles. The lowest BCUT2D eigenvalue weighted by atomic mass is 9.98. The number of hydrogen-bond acceptors (Lipinski definition) is 8. The van der Waals surface area contributed by atoms with E-state index < -0.39 is 23.8 Å². The first-order valence-electron chi connectivity index (χ1n) is 9.95. The smallest absolute Gasteiger partial charge is 0.411 e. The van der Waals surface area contributed by atoms with Crippen LogP contribution in [0.15, 0.2) is 22.8 Å². The highest BCUT2D eigenvalue weighted by molar-refractivity contribution is 6.26. The van der Waals surface area contributed by atoms with Crippen LogP contribution in [0.1, 0.15) is 41.5 Å². The van der Waals surface area contributed by atoms with E-state index in [0.29, 0.717) is 13.1 Å². The minimum atomic E-state index is -0.822. The van der Waals surface area contributed by atoms with Gasteiger partial charge in [-0.1, -0.05) is 0 Å². The van der Waals surface area contributed by atoms with Crippen LogP contribution in [-0.4, -0.2) is 70.9 Å². The Morgan fingerprint density at radius 2 is 1.10 bits per heavy atom. The van der Waals surface area contributed by atoms with E-state index in [0.717, 1.165) is 0 Å². The summed E-state index contributed by atoms with van der Waals surface area (Å²) in [4.78, 5) is 54.6. The standard InChI is InChI=1S/C20H28N4O6/c1-7-29-17(27)21-11-13(23-9-19(23,3)4)16(26)12(22-18(28)30-8-2)14(15(11)25)24-10-20(24,5)6/h7-10H2,1-6H3,(H,21,27)(H,22,28). The first kappa shape index (κ1) is 21.7. The van der Waals surface area contributed by atoms with Crippen molar-refractivity contribution in [1.29, 1.82) is 0 Å². The summed E-state index contributed by atoms with van der Waals surface area (Å²) in [6, 6.07) is 0. The summed E-state index contributed by atoms with van der Waals surface area (Å²) in [6.07, 6.45) is -1.64. The highest BCUT2D eigenvalue weighted by Crippen LogP contribution is 2.44. The van der Waals surface area contributed by atoms with Crippen LogP contribution in [0.4, 0.5) is 9.59 Å². The molecule has 2 amide bonds. The SMILES string of the molecule is CCOC(=O)NC1=C(N2CC2(C)C)C(=O)C(NC(=O)OCC)=C(N2CC2(C)C)C1=O. The van der Waals surface area contributed by atoms with Gasteiger partial charge < -0.3 is 19.3 Å². The number of Topliss-reactive ketones (excluding diaryl/α,β-unsaturated/α-hetero) is 2. The number of carbonyl (C=O) groups excluding carboxylic acids is 4. The van der Waals surface area contributed by atoms with Crippen LogP contribution in [0.25, 0.3) is 0 Å². The third-order valence-electron chi connectivity index (χ3n) is 5.25. The molecule has 10 nitrogen and oxygen atoms in total. The van der Waals surface area contributed by atoms with Crippen LogP contribution in [0.2, 0.25) is 0 Å². The Bertz CT molecular complexity index is 814. The molecule has 2 heterocycles. The Morgan fingerprint density at radius 1 is 0.800 bits per heavy atom. The molecular weight excluding hydrogens is 392 g/mol. The van der Waals surface area contributed by atoms with E-state index >= 15 is 0 Å². The van der Waals surface area contributed by atoms with E-state index in [2.05, 4.69) is 10.6 Å². The van der Waals surface area contributed by atoms with Gasteiger partial charge in [0.1, 0.15) is 22.8 Å². The second-order valence-corrected chi connectivity index (χ2v) is 8.59. The maximum atomic E-state index is 13.5. The van der Waals surface area contributed by atoms with E-state index in [9.17, 15) is 19.2 Å². The number of nitrogens with zero attached hydrogens (tertiary/aromatic N) is 2. The fourth-order valence-corrected chi connectivity index (χ4v) is 3.43. The average molecular weight is 420 g/mol. The number of hydrogen-bond donors (Lipinski definition) is 2. The molecule has 3 aliphatic rings. The molecule has 0 unspecified atom stereocenters. The highest BCUT2D eigenvalue weighted by atomic mass is 16.6. The van der Waals surface area contributed by atoms with Gasteiger partial charge in [0.05, 0.1) is 24.3 Å². The number of amides is 2. The first-order chi connectivity index (χ1) is 13.9. The predicted molar refractivity (Wildman–Crippen MR) is 106 cm³/mol. The Morgan fingerprint density at radius 3 is 1.33 bits per heavy atom. The number of ether oxygens (including phenoxy) is 2. The first-order valence-corrected chi connectivity index (χ1v) is 9.95. The van der Waals surface area contributed by atoms with Crippen LogP contribution in [0.3, 0.4) is 0 Å². The van der Waals surface area contributed by atoms with Crippen molar-refractivity contribution >= 4 is 23.8 Å². The van der Waals surface area contributed by atoms with Crippen molar-refractivity contribution in [3.05, 3.63) is 22.8 Å². The second kappa shape index (κ2) is 7.33. The molecule has 164 valence electrons. The summed E-state index contributed by atoms with van der Waals surface area (Å²) >= 11 is 0. The molecule has 1 aliphatic carbocycles. The van der Waals surface area contributed by atoms with Crippen LogP contribution < -0.4 is 10.6 Å². The summed E-state index contributed by atoms with van der Waals surface area (Å²) in [7, 11) is 0. The molecule has 2 aliphatic heterocycles. The van der Waals surface area contributed by atoms with E-state index in [-0.39, 0.29) is 47.1 Å². The maximum absolute atomic E-state index is 13.5. The summed E-state index contributed by atoms with van der Waals surface area (Å²) in [5, 5.41) is 4.90. The zero-order valence-corrected chi connectivity index (χ0v) is 18.2. The number of alkyl carbamates (subject to hydrolysis) is 2. The fraction of sp³-hybridized carbons (Fsp3) is 0.600. The Labute approximate surface area is 175 Å². The van der Waals surface area contributed by atoms with E-state index in [4.69, 9.17) is 9.47 Å². The van der Waals surface area contributed by atoms with Crippen LogP contribution in [0, 0.1) is 0 Å². The van der Waals surface area contributed by atoms with Gasteiger partial charge in [-0.15, -0.1) is 0 Å². The van der Waals surface area contributed by atoms with Crippen LogP contribution in [0.5, 0.6) is 0 Å². The fourth-order valence-electron chi connectivity index (χ4n) is 3.43. The molecule has 2 fully saturated rings. The molecule has 2 saturated heterocycles. The Balaban J connectivity index is 2.07. The third kappa shape index (κ3) is 3.86. The molecule has 0 aromatic carbocycles. The highest BCUT2D eigenvalue weighted by Gasteiger charge is 2.55. The topological polar surface area (TPSA) is 117 Å².